The predicted octanol–water partition coefficient (Wildman–Crippen LogP) is 4.00. The van der Waals surface area contributed by atoms with Gasteiger partial charge < -0.3 is 20.6 Å². The van der Waals surface area contributed by atoms with Crippen molar-refractivity contribution in [3.63, 3.8) is 0 Å². The maximum Gasteiger partial charge on any atom is 0.408 e. The van der Waals surface area contributed by atoms with E-state index >= 15 is 0 Å². The molecule has 8 nitrogen and oxygen atoms in total. The molecule has 1 aliphatic heterocycles. The number of aliphatic hydroxyl groups excluding tert-OH is 1. The summed E-state index contributed by atoms with van der Waals surface area (Å²) in [6.07, 6.45) is -1.44. The Morgan fingerprint density at radius 2 is 2.09 bits per heavy atom. The number of nitrogens with one attached hydrogen (secondary N) is 2. The molecule has 1 saturated heterocycles. The van der Waals surface area contributed by atoms with Crippen LogP contribution < -0.4 is 10.6 Å². The highest BCUT2D eigenvalue weighted by Gasteiger charge is 2.38. The quantitative estimate of drug-likeness (QED) is 0.493. The molecule has 192 valence electrons. The first-order chi connectivity index (χ1) is 16.5. The first-order valence-electron chi connectivity index (χ1n) is 11.5. The second-order valence-corrected chi connectivity index (χ2v) is 9.77. The second kappa shape index (κ2) is 10.9. The number of rotatable bonds is 8. The van der Waals surface area contributed by atoms with Gasteiger partial charge in [-0.3, -0.25) is 9.59 Å². The molecule has 0 aliphatic carbocycles. The average Bonchev–Trinajstić information content (AvgIpc) is 3.43. The van der Waals surface area contributed by atoms with Crippen LogP contribution in [0.15, 0.2) is 12.3 Å². The van der Waals surface area contributed by atoms with Gasteiger partial charge >= 0.3 is 6.18 Å². The van der Waals surface area contributed by atoms with Crippen LogP contribution in [0.2, 0.25) is 0 Å². The summed E-state index contributed by atoms with van der Waals surface area (Å²) >= 11 is 1.01. The molecule has 35 heavy (non-hydrogen) atoms. The standard InChI is InChI=1S/C23H30F3N5O3S/c1-5-16(23(24,25)26)29-17-9-12(2)15(10-27-17)19-18(22(34)31-8-6-7-14(31)4)30-21(35-19)20(33)28-13(3)11-32/h9-10,13-14,16,32H,5-8,11H2,1-4H3,(H,27,29)(H,28,33)/t13-,14+,16+/m1/s1. The van der Waals surface area contributed by atoms with Gasteiger partial charge in [-0.05, 0) is 51.7 Å². The molecular formula is C23H30F3N5O3S. The minimum atomic E-state index is -4.42. The summed E-state index contributed by atoms with van der Waals surface area (Å²) in [6.45, 7) is 7.05. The van der Waals surface area contributed by atoms with Crippen LogP contribution >= 0.6 is 11.3 Å². The van der Waals surface area contributed by atoms with Gasteiger partial charge in [0.2, 0.25) is 0 Å². The Labute approximate surface area is 206 Å². The lowest BCUT2D eigenvalue weighted by Gasteiger charge is -2.22. The van der Waals surface area contributed by atoms with Gasteiger partial charge in [-0.1, -0.05) is 6.92 Å². The van der Waals surface area contributed by atoms with E-state index in [1.54, 1.807) is 18.7 Å². The summed E-state index contributed by atoms with van der Waals surface area (Å²) in [5.41, 5.74) is 1.21. The van der Waals surface area contributed by atoms with Gasteiger partial charge in [-0.15, -0.1) is 11.3 Å². The first kappa shape index (κ1) is 26.9. The molecule has 1 fully saturated rings. The number of nitrogens with zero attached hydrogens (tertiary/aromatic N) is 3. The number of carbonyl (C=O) groups excluding carboxylic acids is 2. The van der Waals surface area contributed by atoms with Gasteiger partial charge in [0.15, 0.2) is 5.01 Å². The molecule has 3 rings (SSSR count). The van der Waals surface area contributed by atoms with E-state index in [9.17, 15) is 27.9 Å². The number of anilines is 1. The Morgan fingerprint density at radius 3 is 2.63 bits per heavy atom. The van der Waals surface area contributed by atoms with Crippen molar-refractivity contribution in [3.8, 4) is 10.4 Å². The third-order valence-corrected chi connectivity index (χ3v) is 7.06. The highest BCUT2D eigenvalue weighted by Crippen LogP contribution is 2.35. The van der Waals surface area contributed by atoms with E-state index in [2.05, 4.69) is 20.6 Å². The lowest BCUT2D eigenvalue weighted by atomic mass is 10.1. The van der Waals surface area contributed by atoms with Crippen molar-refractivity contribution in [2.45, 2.75) is 71.3 Å². The number of thiazole rings is 1. The topological polar surface area (TPSA) is 107 Å². The van der Waals surface area contributed by atoms with Crippen LogP contribution in [-0.4, -0.2) is 69.2 Å². The number of carbonyl (C=O) groups is 2. The van der Waals surface area contributed by atoms with E-state index in [0.29, 0.717) is 22.5 Å². The van der Waals surface area contributed by atoms with Gasteiger partial charge in [-0.2, -0.15) is 13.2 Å². The van der Waals surface area contributed by atoms with Crippen molar-refractivity contribution in [2.75, 3.05) is 18.5 Å². The highest BCUT2D eigenvalue weighted by molar-refractivity contribution is 7.17. The summed E-state index contributed by atoms with van der Waals surface area (Å²) in [4.78, 5) is 36.7. The zero-order chi connectivity index (χ0) is 25.9. The van der Waals surface area contributed by atoms with E-state index in [-0.39, 0.29) is 41.5 Å². The van der Waals surface area contributed by atoms with Crippen LogP contribution in [0.1, 0.15) is 65.9 Å². The SMILES string of the molecule is CC[C@H](Nc1cc(C)c(-c2sc(C(=O)N[C@H](C)CO)nc2C(=O)N2CCC[C@@H]2C)cn1)C(F)(F)F. The lowest BCUT2D eigenvalue weighted by molar-refractivity contribution is -0.142. The molecule has 3 N–H and O–H groups in total. The fourth-order valence-electron chi connectivity index (χ4n) is 3.91. The number of aryl methyl sites for hydroxylation is 1. The molecule has 0 unspecified atom stereocenters. The largest absolute Gasteiger partial charge is 0.408 e. The van der Waals surface area contributed by atoms with E-state index in [1.807, 2.05) is 6.92 Å². The molecule has 3 heterocycles. The Hall–Kier alpha value is -2.73. The van der Waals surface area contributed by atoms with Crippen LogP contribution in [-0.2, 0) is 0 Å². The van der Waals surface area contributed by atoms with Crippen LogP contribution in [0.4, 0.5) is 19.0 Å². The number of alkyl halides is 3. The number of halogens is 3. The lowest BCUT2D eigenvalue weighted by Crippen LogP contribution is -2.36. The third kappa shape index (κ3) is 6.10. The molecule has 2 aromatic rings. The minimum Gasteiger partial charge on any atom is -0.394 e. The zero-order valence-electron chi connectivity index (χ0n) is 20.1. The van der Waals surface area contributed by atoms with Crippen molar-refractivity contribution in [1.29, 1.82) is 0 Å². The van der Waals surface area contributed by atoms with Gasteiger partial charge in [0.1, 0.15) is 17.6 Å². The van der Waals surface area contributed by atoms with E-state index in [4.69, 9.17) is 0 Å². The molecule has 0 bridgehead atoms. The van der Waals surface area contributed by atoms with E-state index in [0.717, 1.165) is 24.2 Å². The summed E-state index contributed by atoms with van der Waals surface area (Å²) in [7, 11) is 0. The summed E-state index contributed by atoms with van der Waals surface area (Å²) in [5, 5.41) is 14.3. The van der Waals surface area contributed by atoms with Gasteiger partial charge in [-0.25, -0.2) is 9.97 Å². The van der Waals surface area contributed by atoms with Crippen LogP contribution in [0.25, 0.3) is 10.4 Å². The molecule has 1 aliphatic rings. The third-order valence-electron chi connectivity index (χ3n) is 5.97. The predicted molar refractivity (Wildman–Crippen MR) is 128 cm³/mol. The van der Waals surface area contributed by atoms with Gasteiger partial charge in [0, 0.05) is 30.4 Å². The smallest absolute Gasteiger partial charge is 0.394 e. The van der Waals surface area contributed by atoms with Crippen molar-refractivity contribution in [2.24, 2.45) is 0 Å². The molecular weight excluding hydrogens is 483 g/mol. The van der Waals surface area contributed by atoms with Crippen LogP contribution in [0.3, 0.4) is 0 Å². The summed E-state index contributed by atoms with van der Waals surface area (Å²) < 4.78 is 39.5. The highest BCUT2D eigenvalue weighted by atomic mass is 32.1. The number of amides is 2. The van der Waals surface area contributed by atoms with Gasteiger partial charge in [0.05, 0.1) is 11.5 Å². The van der Waals surface area contributed by atoms with Crippen molar-refractivity contribution < 1.29 is 27.9 Å². The summed E-state index contributed by atoms with van der Waals surface area (Å²) in [5.74, 6) is -0.762. The summed E-state index contributed by atoms with van der Waals surface area (Å²) in [6, 6.07) is -0.713. The molecule has 0 saturated carbocycles. The zero-order valence-corrected chi connectivity index (χ0v) is 20.9. The molecule has 0 radical (unpaired) electrons. The number of pyridine rings is 1. The fourth-order valence-corrected chi connectivity index (χ4v) is 4.95. The second-order valence-electron chi connectivity index (χ2n) is 8.77. The maximum absolute atomic E-state index is 13.4. The Kier molecular flexibility index (Phi) is 8.37. The molecule has 0 aromatic carbocycles. The molecule has 0 spiro atoms. The van der Waals surface area contributed by atoms with Crippen molar-refractivity contribution in [1.82, 2.24) is 20.2 Å². The maximum atomic E-state index is 13.4. The van der Waals surface area contributed by atoms with Gasteiger partial charge in [0.25, 0.3) is 11.8 Å². The minimum absolute atomic E-state index is 0.0304. The molecule has 2 amide bonds. The number of hydrogen-bond donors (Lipinski definition) is 3. The monoisotopic (exact) mass is 513 g/mol. The van der Waals surface area contributed by atoms with Crippen molar-refractivity contribution in [3.05, 3.63) is 28.5 Å². The molecule has 3 atom stereocenters. The first-order valence-corrected chi connectivity index (χ1v) is 12.3. The van der Waals surface area contributed by atoms with E-state index in [1.165, 1.54) is 19.2 Å². The Balaban J connectivity index is 2.00. The molecule has 2 aromatic heterocycles. The van der Waals surface area contributed by atoms with Crippen LogP contribution in [0.5, 0.6) is 0 Å². The molecule has 12 heteroatoms. The van der Waals surface area contributed by atoms with E-state index < -0.39 is 24.2 Å². The van der Waals surface area contributed by atoms with Crippen LogP contribution in [0, 0.1) is 6.92 Å². The Morgan fingerprint density at radius 1 is 1.37 bits per heavy atom. The number of aromatic nitrogens is 2. The fraction of sp³-hybridized carbons (Fsp3) is 0.565. The Bertz CT molecular complexity index is 1080. The number of likely N-dealkylation sites (tertiary alicyclic amines) is 1. The average molecular weight is 514 g/mol. The van der Waals surface area contributed by atoms with Crippen molar-refractivity contribution >= 4 is 29.0 Å². The number of hydrogen-bond acceptors (Lipinski definition) is 7. The number of aliphatic hydroxyl groups is 1. The normalized spacial score (nSPS) is 17.8.